The van der Waals surface area contributed by atoms with Gasteiger partial charge in [-0.1, -0.05) is 13.3 Å². The van der Waals surface area contributed by atoms with Crippen LogP contribution in [0.15, 0.2) is 16.7 Å². The van der Waals surface area contributed by atoms with E-state index in [0.717, 1.165) is 39.8 Å². The van der Waals surface area contributed by atoms with Crippen molar-refractivity contribution in [1.29, 1.82) is 0 Å². The van der Waals surface area contributed by atoms with Crippen molar-refractivity contribution in [3.63, 3.8) is 0 Å². The van der Waals surface area contributed by atoms with E-state index in [9.17, 15) is 0 Å². The van der Waals surface area contributed by atoms with Gasteiger partial charge in [0.15, 0.2) is 5.65 Å². The number of hydrogen-bond donors (Lipinski definition) is 0. The zero-order chi connectivity index (χ0) is 14.3. The number of hydrogen-bond acceptors (Lipinski definition) is 2. The minimum atomic E-state index is -0.0956. The van der Waals surface area contributed by atoms with Crippen LogP contribution in [-0.2, 0) is 6.54 Å². The highest BCUT2D eigenvalue weighted by Gasteiger charge is 2.24. The topological polar surface area (TPSA) is 30.7 Å². The molecular formula is C15H19BrClN3. The van der Waals surface area contributed by atoms with E-state index in [2.05, 4.69) is 37.4 Å². The van der Waals surface area contributed by atoms with Crippen molar-refractivity contribution in [3.8, 4) is 0 Å². The number of rotatable bonds is 3. The SMILES string of the molecule is CC1CCC(Cn2c(C(C)Cl)nc3cc(Br)cnc32)C1. The molecule has 20 heavy (non-hydrogen) atoms. The van der Waals surface area contributed by atoms with Crippen LogP contribution >= 0.6 is 27.5 Å². The first kappa shape index (κ1) is 14.3. The minimum Gasteiger partial charge on any atom is -0.311 e. The molecule has 5 heteroatoms. The fraction of sp³-hybridized carbons (Fsp3) is 0.600. The molecule has 0 aliphatic heterocycles. The first-order chi connectivity index (χ1) is 9.54. The Morgan fingerprint density at radius 1 is 1.50 bits per heavy atom. The van der Waals surface area contributed by atoms with E-state index in [1.54, 1.807) is 0 Å². The Kier molecular flexibility index (Phi) is 4.04. The predicted molar refractivity (Wildman–Crippen MR) is 86.0 cm³/mol. The van der Waals surface area contributed by atoms with Gasteiger partial charge in [-0.2, -0.15) is 0 Å². The van der Waals surface area contributed by atoms with Crippen LogP contribution in [0.25, 0.3) is 11.2 Å². The number of fused-ring (bicyclic) bond motifs is 1. The van der Waals surface area contributed by atoms with Crippen molar-refractivity contribution in [2.24, 2.45) is 11.8 Å². The molecular weight excluding hydrogens is 338 g/mol. The molecule has 108 valence electrons. The third-order valence-electron chi connectivity index (χ3n) is 4.18. The van der Waals surface area contributed by atoms with Crippen molar-refractivity contribution in [1.82, 2.24) is 14.5 Å². The Bertz CT molecular complexity index is 623. The second kappa shape index (κ2) is 5.64. The van der Waals surface area contributed by atoms with E-state index < -0.39 is 0 Å². The number of nitrogens with zero attached hydrogens (tertiary/aromatic N) is 3. The lowest BCUT2D eigenvalue weighted by molar-refractivity contribution is 0.437. The summed E-state index contributed by atoms with van der Waals surface area (Å²) in [6.07, 6.45) is 5.77. The fourth-order valence-electron chi connectivity index (χ4n) is 3.24. The van der Waals surface area contributed by atoms with Crippen molar-refractivity contribution in [2.45, 2.75) is 45.0 Å². The molecule has 0 amide bonds. The van der Waals surface area contributed by atoms with Crippen molar-refractivity contribution in [2.75, 3.05) is 0 Å². The van der Waals surface area contributed by atoms with Crippen LogP contribution in [0, 0.1) is 11.8 Å². The van der Waals surface area contributed by atoms with E-state index in [1.165, 1.54) is 19.3 Å². The Labute approximate surface area is 132 Å². The monoisotopic (exact) mass is 355 g/mol. The normalized spacial score (nSPS) is 24.4. The maximum Gasteiger partial charge on any atom is 0.160 e. The van der Waals surface area contributed by atoms with Gasteiger partial charge in [0, 0.05) is 17.2 Å². The van der Waals surface area contributed by atoms with Crippen LogP contribution in [-0.4, -0.2) is 14.5 Å². The number of pyridine rings is 1. The number of halogens is 2. The molecule has 1 saturated carbocycles. The molecule has 0 bridgehead atoms. The summed E-state index contributed by atoms with van der Waals surface area (Å²) >= 11 is 9.77. The Morgan fingerprint density at radius 3 is 2.95 bits per heavy atom. The van der Waals surface area contributed by atoms with Gasteiger partial charge < -0.3 is 4.57 Å². The van der Waals surface area contributed by atoms with Gasteiger partial charge in [-0.25, -0.2) is 9.97 Å². The number of alkyl halides is 1. The summed E-state index contributed by atoms with van der Waals surface area (Å²) in [6, 6.07) is 2.01. The summed E-state index contributed by atoms with van der Waals surface area (Å²) in [4.78, 5) is 9.21. The van der Waals surface area contributed by atoms with Crippen LogP contribution in [0.4, 0.5) is 0 Å². The van der Waals surface area contributed by atoms with Crippen LogP contribution in [0.5, 0.6) is 0 Å². The van der Waals surface area contributed by atoms with Crippen LogP contribution in [0.1, 0.15) is 44.3 Å². The van der Waals surface area contributed by atoms with E-state index in [0.29, 0.717) is 0 Å². The molecule has 3 rings (SSSR count). The zero-order valence-electron chi connectivity index (χ0n) is 11.8. The van der Waals surface area contributed by atoms with E-state index in [1.807, 2.05) is 19.2 Å². The zero-order valence-corrected chi connectivity index (χ0v) is 14.2. The summed E-state index contributed by atoms with van der Waals surface area (Å²) in [5, 5.41) is -0.0956. The van der Waals surface area contributed by atoms with Gasteiger partial charge in [-0.3, -0.25) is 0 Å². The molecule has 0 radical (unpaired) electrons. The molecule has 1 fully saturated rings. The number of imidazole rings is 1. The fourth-order valence-corrected chi connectivity index (χ4v) is 3.72. The average molecular weight is 357 g/mol. The van der Waals surface area contributed by atoms with Gasteiger partial charge in [0.2, 0.25) is 0 Å². The summed E-state index contributed by atoms with van der Waals surface area (Å²) in [6.45, 7) is 5.31. The van der Waals surface area contributed by atoms with Gasteiger partial charge >= 0.3 is 0 Å². The standard InChI is InChI=1S/C15H19BrClN3/c1-9-3-4-11(5-9)8-20-14(10(2)17)19-13-6-12(16)7-18-15(13)20/h6-7,9-11H,3-5,8H2,1-2H3. The largest absolute Gasteiger partial charge is 0.311 e. The van der Waals surface area contributed by atoms with Crippen molar-refractivity contribution >= 4 is 38.7 Å². The second-order valence-electron chi connectivity index (χ2n) is 5.98. The smallest absolute Gasteiger partial charge is 0.160 e. The first-order valence-corrected chi connectivity index (χ1v) is 8.43. The molecule has 3 atom stereocenters. The van der Waals surface area contributed by atoms with Gasteiger partial charge in [0.1, 0.15) is 11.3 Å². The second-order valence-corrected chi connectivity index (χ2v) is 7.55. The molecule has 0 aromatic carbocycles. The summed E-state index contributed by atoms with van der Waals surface area (Å²) < 4.78 is 3.18. The van der Waals surface area contributed by atoms with Crippen LogP contribution < -0.4 is 0 Å². The quantitative estimate of drug-likeness (QED) is 0.730. The Balaban J connectivity index is 2.00. The molecule has 3 unspecified atom stereocenters. The maximum atomic E-state index is 6.31. The molecule has 0 N–H and O–H groups in total. The summed E-state index contributed by atoms with van der Waals surface area (Å²) in [7, 11) is 0. The third kappa shape index (κ3) is 2.73. The molecule has 0 spiro atoms. The van der Waals surface area contributed by atoms with Gasteiger partial charge in [0.05, 0.1) is 5.38 Å². The van der Waals surface area contributed by atoms with E-state index >= 15 is 0 Å². The molecule has 2 aromatic rings. The lowest BCUT2D eigenvalue weighted by atomic mass is 10.1. The van der Waals surface area contributed by atoms with E-state index in [-0.39, 0.29) is 5.38 Å². The lowest BCUT2D eigenvalue weighted by Crippen LogP contribution is -2.12. The highest BCUT2D eigenvalue weighted by molar-refractivity contribution is 9.10. The van der Waals surface area contributed by atoms with Gasteiger partial charge in [0.25, 0.3) is 0 Å². The van der Waals surface area contributed by atoms with Crippen molar-refractivity contribution in [3.05, 3.63) is 22.6 Å². The maximum absolute atomic E-state index is 6.31. The van der Waals surface area contributed by atoms with Gasteiger partial charge in [-0.15, -0.1) is 11.6 Å². The molecule has 0 saturated heterocycles. The van der Waals surface area contributed by atoms with Gasteiger partial charge in [-0.05, 0) is 53.6 Å². The van der Waals surface area contributed by atoms with Crippen LogP contribution in [0.2, 0.25) is 0 Å². The molecule has 1 aliphatic carbocycles. The van der Waals surface area contributed by atoms with Crippen LogP contribution in [0.3, 0.4) is 0 Å². The lowest BCUT2D eigenvalue weighted by Gasteiger charge is -2.15. The minimum absolute atomic E-state index is 0.0956. The Morgan fingerprint density at radius 2 is 2.30 bits per heavy atom. The summed E-state index contributed by atoms with van der Waals surface area (Å²) in [5.41, 5.74) is 1.88. The predicted octanol–water partition coefficient (Wildman–Crippen LogP) is 4.93. The molecule has 2 heterocycles. The highest BCUT2D eigenvalue weighted by atomic mass is 79.9. The third-order valence-corrected chi connectivity index (χ3v) is 4.81. The van der Waals surface area contributed by atoms with E-state index in [4.69, 9.17) is 11.6 Å². The highest BCUT2D eigenvalue weighted by Crippen LogP contribution is 2.34. The summed E-state index contributed by atoms with van der Waals surface area (Å²) in [5.74, 6) is 2.50. The average Bonchev–Trinajstić information content (AvgIpc) is 2.94. The first-order valence-electron chi connectivity index (χ1n) is 7.20. The molecule has 1 aliphatic rings. The number of aromatic nitrogens is 3. The van der Waals surface area contributed by atoms with Crippen molar-refractivity contribution < 1.29 is 0 Å². The molecule has 3 nitrogen and oxygen atoms in total. The molecule has 2 aromatic heterocycles. The Hall–Kier alpha value is -0.610.